The lowest BCUT2D eigenvalue weighted by Gasteiger charge is -2.23. The first-order valence-corrected chi connectivity index (χ1v) is 8.77. The summed E-state index contributed by atoms with van der Waals surface area (Å²) in [5.41, 5.74) is 3.42. The smallest absolute Gasteiger partial charge is 0.412 e. The normalized spacial score (nSPS) is 14.7. The maximum atomic E-state index is 11.6. The van der Waals surface area contributed by atoms with E-state index in [-0.39, 0.29) is 0 Å². The lowest BCUT2D eigenvalue weighted by Crippen LogP contribution is -2.28. The Morgan fingerprint density at radius 2 is 1.68 bits per heavy atom. The number of hydrogen-bond donors (Lipinski definition) is 1. The van der Waals surface area contributed by atoms with Gasteiger partial charge in [-0.1, -0.05) is 43.5 Å². The summed E-state index contributed by atoms with van der Waals surface area (Å²) in [6.45, 7) is 0.298. The molecule has 0 saturated heterocycles. The molecule has 1 aliphatic carbocycles. The summed E-state index contributed by atoms with van der Waals surface area (Å²) >= 11 is 0. The summed E-state index contributed by atoms with van der Waals surface area (Å²) in [5, 5.41) is 18.4. The Bertz CT molecular complexity index is 754. The van der Waals surface area contributed by atoms with E-state index in [1.54, 1.807) is 24.3 Å². The topological polar surface area (TPSA) is 64.3 Å². The van der Waals surface area contributed by atoms with Gasteiger partial charge in [-0.15, -0.1) is 0 Å². The molecule has 128 valence electrons. The van der Waals surface area contributed by atoms with E-state index in [0.29, 0.717) is 23.7 Å². The van der Waals surface area contributed by atoms with Gasteiger partial charge in [0.1, 0.15) is 0 Å². The van der Waals surface area contributed by atoms with Crippen molar-refractivity contribution in [2.24, 2.45) is 0 Å². The molecule has 3 rings (SSSR count). The molecule has 4 nitrogen and oxygen atoms in total. The lowest BCUT2D eigenvalue weighted by molar-refractivity contribution is 0.201. The molecule has 2 aromatic rings. The zero-order chi connectivity index (χ0) is 17.6. The minimum atomic E-state index is -0.999. The van der Waals surface area contributed by atoms with Crippen LogP contribution in [0.5, 0.6) is 0 Å². The summed E-state index contributed by atoms with van der Waals surface area (Å²) < 4.78 is 0. The van der Waals surface area contributed by atoms with E-state index in [4.69, 9.17) is 5.26 Å². The molecule has 1 fully saturated rings. The van der Waals surface area contributed by atoms with Gasteiger partial charge in [0.05, 0.1) is 18.2 Å². The van der Waals surface area contributed by atoms with Crippen LogP contribution in [0.25, 0.3) is 0 Å². The number of hydrogen-bond acceptors (Lipinski definition) is 2. The van der Waals surface area contributed by atoms with Crippen molar-refractivity contribution < 1.29 is 9.90 Å². The van der Waals surface area contributed by atoms with Crippen molar-refractivity contribution in [3.8, 4) is 6.07 Å². The minimum absolute atomic E-state index is 0.298. The van der Waals surface area contributed by atoms with Gasteiger partial charge in [-0.05, 0) is 54.2 Å². The highest BCUT2D eigenvalue weighted by Crippen LogP contribution is 2.32. The summed E-state index contributed by atoms with van der Waals surface area (Å²) in [4.78, 5) is 12.9. The molecule has 4 heteroatoms. The van der Waals surface area contributed by atoms with Crippen molar-refractivity contribution in [3.63, 3.8) is 0 Å². The maximum absolute atomic E-state index is 11.6. The highest BCUT2D eigenvalue weighted by molar-refractivity contribution is 5.86. The fourth-order valence-electron chi connectivity index (χ4n) is 3.50. The van der Waals surface area contributed by atoms with Crippen molar-refractivity contribution >= 4 is 11.8 Å². The first-order chi connectivity index (χ1) is 12.2. The van der Waals surface area contributed by atoms with Gasteiger partial charge < -0.3 is 5.11 Å². The van der Waals surface area contributed by atoms with Crippen molar-refractivity contribution in [1.82, 2.24) is 0 Å². The quantitative estimate of drug-likeness (QED) is 0.826. The summed E-state index contributed by atoms with van der Waals surface area (Å²) in [6, 6.07) is 17.0. The van der Waals surface area contributed by atoms with Crippen molar-refractivity contribution in [3.05, 3.63) is 65.2 Å². The fourth-order valence-corrected chi connectivity index (χ4v) is 3.50. The fraction of sp³-hybridized carbons (Fsp3) is 0.333. The van der Waals surface area contributed by atoms with E-state index in [0.717, 1.165) is 5.56 Å². The van der Waals surface area contributed by atoms with Crippen LogP contribution in [-0.2, 0) is 6.54 Å². The maximum Gasteiger partial charge on any atom is 0.412 e. The predicted molar refractivity (Wildman–Crippen MR) is 97.6 cm³/mol. The SMILES string of the molecule is N#Cc1ccc(N(Cc2ccc(C3CCCCC3)cc2)C(=O)O)cc1. The molecule has 0 spiro atoms. The van der Waals surface area contributed by atoms with Crippen LogP contribution >= 0.6 is 0 Å². The molecule has 0 aliphatic heterocycles. The molecule has 0 aromatic heterocycles. The number of rotatable bonds is 4. The monoisotopic (exact) mass is 334 g/mol. The first-order valence-electron chi connectivity index (χ1n) is 8.77. The van der Waals surface area contributed by atoms with Gasteiger partial charge in [0.2, 0.25) is 0 Å². The van der Waals surface area contributed by atoms with Crippen LogP contribution in [0.15, 0.2) is 48.5 Å². The number of anilines is 1. The molecular formula is C21H22N2O2. The molecule has 0 heterocycles. The average molecular weight is 334 g/mol. The molecule has 2 aromatic carbocycles. The Hall–Kier alpha value is -2.80. The van der Waals surface area contributed by atoms with Crippen LogP contribution in [0.1, 0.15) is 54.7 Å². The Kier molecular flexibility index (Phi) is 5.35. The molecule has 0 unspecified atom stereocenters. The molecule has 0 radical (unpaired) electrons. The average Bonchev–Trinajstić information content (AvgIpc) is 2.67. The molecule has 0 bridgehead atoms. The molecule has 1 amide bonds. The standard InChI is InChI=1S/C21H22N2O2/c22-14-16-8-12-20(13-9-16)23(21(24)25)15-17-6-10-19(11-7-17)18-4-2-1-3-5-18/h6-13,18H,1-5,15H2,(H,24,25). The zero-order valence-electron chi connectivity index (χ0n) is 14.2. The van der Waals surface area contributed by atoms with Gasteiger partial charge in [-0.2, -0.15) is 5.26 Å². The predicted octanol–water partition coefficient (Wildman–Crippen LogP) is 5.29. The third-order valence-corrected chi connectivity index (χ3v) is 4.94. The van der Waals surface area contributed by atoms with Crippen LogP contribution in [0.3, 0.4) is 0 Å². The van der Waals surface area contributed by atoms with E-state index in [1.807, 2.05) is 18.2 Å². The van der Waals surface area contributed by atoms with Gasteiger partial charge in [0.15, 0.2) is 0 Å². The Labute approximate surface area is 148 Å². The van der Waals surface area contributed by atoms with Crippen LogP contribution < -0.4 is 4.90 Å². The highest BCUT2D eigenvalue weighted by Gasteiger charge is 2.17. The second-order valence-electron chi connectivity index (χ2n) is 6.60. The number of benzene rings is 2. The first kappa shape index (κ1) is 17.0. The Balaban J connectivity index is 1.73. The summed E-state index contributed by atoms with van der Waals surface area (Å²) in [6.07, 6.45) is 5.46. The molecule has 1 N–H and O–H groups in total. The second-order valence-corrected chi connectivity index (χ2v) is 6.60. The van der Waals surface area contributed by atoms with E-state index in [9.17, 15) is 9.90 Å². The molecule has 25 heavy (non-hydrogen) atoms. The van der Waals surface area contributed by atoms with Crippen LogP contribution in [-0.4, -0.2) is 11.2 Å². The van der Waals surface area contributed by atoms with Crippen molar-refractivity contribution in [2.75, 3.05) is 4.90 Å². The van der Waals surface area contributed by atoms with Crippen molar-refractivity contribution in [2.45, 2.75) is 44.6 Å². The molecule has 0 atom stereocenters. The Morgan fingerprint density at radius 1 is 1.04 bits per heavy atom. The molecule has 1 aliphatic rings. The van der Waals surface area contributed by atoms with Crippen molar-refractivity contribution in [1.29, 1.82) is 5.26 Å². The van der Waals surface area contributed by atoms with E-state index >= 15 is 0 Å². The van der Waals surface area contributed by atoms with Gasteiger partial charge in [0, 0.05) is 5.69 Å². The third kappa shape index (κ3) is 4.19. The lowest BCUT2D eigenvalue weighted by atomic mass is 9.84. The van der Waals surface area contributed by atoms with E-state index in [2.05, 4.69) is 12.1 Å². The minimum Gasteiger partial charge on any atom is -0.465 e. The zero-order valence-corrected chi connectivity index (χ0v) is 14.2. The number of carboxylic acid groups (broad SMARTS) is 1. The summed E-state index contributed by atoms with van der Waals surface area (Å²) in [7, 11) is 0. The number of carbonyl (C=O) groups is 1. The molecule has 1 saturated carbocycles. The highest BCUT2D eigenvalue weighted by atomic mass is 16.4. The van der Waals surface area contributed by atoms with Crippen LogP contribution in [0.4, 0.5) is 10.5 Å². The van der Waals surface area contributed by atoms with Gasteiger partial charge >= 0.3 is 6.09 Å². The number of nitrogens with zero attached hydrogens (tertiary/aromatic N) is 2. The summed E-state index contributed by atoms with van der Waals surface area (Å²) in [5.74, 6) is 0.650. The van der Waals surface area contributed by atoms with E-state index in [1.165, 1.54) is 42.6 Å². The van der Waals surface area contributed by atoms with Crippen LogP contribution in [0.2, 0.25) is 0 Å². The Morgan fingerprint density at radius 3 is 2.24 bits per heavy atom. The van der Waals surface area contributed by atoms with Gasteiger partial charge in [0.25, 0.3) is 0 Å². The largest absolute Gasteiger partial charge is 0.465 e. The van der Waals surface area contributed by atoms with E-state index < -0.39 is 6.09 Å². The van der Waals surface area contributed by atoms with Gasteiger partial charge in [-0.25, -0.2) is 4.79 Å². The second kappa shape index (κ2) is 7.85. The third-order valence-electron chi connectivity index (χ3n) is 4.94. The number of amides is 1. The number of nitriles is 1. The van der Waals surface area contributed by atoms with Gasteiger partial charge in [-0.3, -0.25) is 4.90 Å². The molecular weight excluding hydrogens is 312 g/mol. The van der Waals surface area contributed by atoms with Crippen LogP contribution in [0, 0.1) is 11.3 Å².